The van der Waals surface area contributed by atoms with Gasteiger partial charge in [-0.25, -0.2) is 0 Å². The van der Waals surface area contributed by atoms with Gasteiger partial charge < -0.3 is 11.1 Å². The molecule has 0 bridgehead atoms. The van der Waals surface area contributed by atoms with E-state index in [9.17, 15) is 4.79 Å². The number of hydrogen-bond acceptors (Lipinski definition) is 4. The summed E-state index contributed by atoms with van der Waals surface area (Å²) in [7, 11) is 0. The molecule has 1 saturated heterocycles. The lowest BCUT2D eigenvalue weighted by Crippen LogP contribution is -2.39. The number of nitrogens with one attached hydrogen (secondary N) is 1. The monoisotopic (exact) mass is 273 g/mol. The fourth-order valence-corrected chi connectivity index (χ4v) is 3.03. The molecule has 1 fully saturated rings. The lowest BCUT2D eigenvalue weighted by atomic mass is 10.1. The molecule has 5 heteroatoms. The molecule has 1 aliphatic rings. The third-order valence-corrected chi connectivity index (χ3v) is 4.15. The zero-order valence-electron chi connectivity index (χ0n) is 11.3. The van der Waals surface area contributed by atoms with Gasteiger partial charge in [-0.1, -0.05) is 12.8 Å². The van der Waals surface area contributed by atoms with E-state index in [1.54, 1.807) is 0 Å². The summed E-state index contributed by atoms with van der Waals surface area (Å²) in [5.74, 6) is 2.67. The van der Waals surface area contributed by atoms with Crippen LogP contribution in [-0.4, -0.2) is 55.0 Å². The molecule has 1 heterocycles. The van der Waals surface area contributed by atoms with E-state index in [1.165, 1.54) is 24.6 Å². The number of carbonyl (C=O) groups is 1. The molecule has 1 rings (SSSR count). The molecule has 0 aromatic rings. The van der Waals surface area contributed by atoms with Crippen LogP contribution in [0.3, 0.4) is 0 Å². The fourth-order valence-electron chi connectivity index (χ4n) is 2.05. The molecule has 0 saturated carbocycles. The van der Waals surface area contributed by atoms with E-state index in [-0.39, 0.29) is 5.91 Å². The van der Waals surface area contributed by atoms with Crippen molar-refractivity contribution in [2.24, 2.45) is 5.73 Å². The van der Waals surface area contributed by atoms with Crippen molar-refractivity contribution in [1.29, 1.82) is 0 Å². The van der Waals surface area contributed by atoms with Crippen LogP contribution in [0.25, 0.3) is 0 Å². The Morgan fingerprint density at radius 2 is 1.89 bits per heavy atom. The van der Waals surface area contributed by atoms with E-state index in [0.29, 0.717) is 6.42 Å². The fraction of sp³-hybridized carbons (Fsp3) is 0.923. The average Bonchev–Trinajstić information content (AvgIpc) is 2.40. The normalized spacial score (nSPS) is 16.7. The number of thioether (sulfide) groups is 1. The predicted molar refractivity (Wildman–Crippen MR) is 78.9 cm³/mol. The summed E-state index contributed by atoms with van der Waals surface area (Å²) in [6.45, 7) is 4.89. The summed E-state index contributed by atoms with van der Waals surface area (Å²) >= 11 is 2.02. The van der Waals surface area contributed by atoms with E-state index >= 15 is 0 Å². The Bertz CT molecular complexity index is 220. The first-order valence-electron chi connectivity index (χ1n) is 7.10. The van der Waals surface area contributed by atoms with Crippen molar-refractivity contribution in [3.05, 3.63) is 0 Å². The van der Waals surface area contributed by atoms with E-state index in [4.69, 9.17) is 5.73 Å². The number of carbonyl (C=O) groups excluding carboxylic acids is 1. The number of nitrogens with two attached hydrogens (primary N) is 1. The van der Waals surface area contributed by atoms with Gasteiger partial charge in [0.15, 0.2) is 0 Å². The molecule has 106 valence electrons. The second-order valence-corrected chi connectivity index (χ2v) is 5.98. The highest BCUT2D eigenvalue weighted by Gasteiger charge is 2.09. The Morgan fingerprint density at radius 1 is 1.17 bits per heavy atom. The van der Waals surface area contributed by atoms with Crippen LogP contribution in [-0.2, 0) is 4.79 Å². The number of hydrogen-bond donors (Lipinski definition) is 2. The van der Waals surface area contributed by atoms with Gasteiger partial charge in [0.25, 0.3) is 0 Å². The second kappa shape index (κ2) is 10.6. The molecule has 1 amide bonds. The Morgan fingerprint density at radius 3 is 2.61 bits per heavy atom. The lowest BCUT2D eigenvalue weighted by molar-refractivity contribution is -0.121. The summed E-state index contributed by atoms with van der Waals surface area (Å²) in [5, 5.41) is 3.01. The van der Waals surface area contributed by atoms with Gasteiger partial charge in [0, 0.05) is 44.1 Å². The quantitative estimate of drug-likeness (QED) is 0.617. The van der Waals surface area contributed by atoms with E-state index in [1.807, 2.05) is 11.8 Å². The molecule has 0 spiro atoms. The van der Waals surface area contributed by atoms with Gasteiger partial charge in [-0.3, -0.25) is 9.69 Å². The standard InChI is InChI=1S/C13H27N3OS/c14-6-4-2-1-3-5-13(17)15-7-8-16-9-11-18-12-10-16/h1-12,14H2,(H,15,17). The minimum atomic E-state index is 0.203. The van der Waals surface area contributed by atoms with Crippen LogP contribution < -0.4 is 11.1 Å². The second-order valence-electron chi connectivity index (χ2n) is 4.76. The van der Waals surface area contributed by atoms with Crippen molar-refractivity contribution in [2.75, 3.05) is 44.2 Å². The summed E-state index contributed by atoms with van der Waals surface area (Å²) < 4.78 is 0. The predicted octanol–water partition coefficient (Wildman–Crippen LogP) is 1.06. The molecule has 0 aromatic heterocycles. The average molecular weight is 273 g/mol. The first-order chi connectivity index (χ1) is 8.83. The topological polar surface area (TPSA) is 58.4 Å². The molecule has 0 unspecified atom stereocenters. The highest BCUT2D eigenvalue weighted by Crippen LogP contribution is 2.08. The zero-order valence-corrected chi connectivity index (χ0v) is 12.1. The van der Waals surface area contributed by atoms with Crippen LogP contribution in [0.15, 0.2) is 0 Å². The Kier molecular flexibility index (Phi) is 9.34. The van der Waals surface area contributed by atoms with Crippen molar-refractivity contribution in [2.45, 2.75) is 32.1 Å². The highest BCUT2D eigenvalue weighted by atomic mass is 32.2. The van der Waals surface area contributed by atoms with E-state index < -0.39 is 0 Å². The van der Waals surface area contributed by atoms with Gasteiger partial charge in [-0.15, -0.1) is 0 Å². The molecule has 18 heavy (non-hydrogen) atoms. The SMILES string of the molecule is NCCCCCCC(=O)NCCN1CCSCC1. The molecule has 0 aliphatic carbocycles. The summed E-state index contributed by atoms with van der Waals surface area (Å²) in [4.78, 5) is 14.0. The maximum Gasteiger partial charge on any atom is 0.220 e. The summed E-state index contributed by atoms with van der Waals surface area (Å²) in [5.41, 5.74) is 5.42. The van der Waals surface area contributed by atoms with Crippen molar-refractivity contribution in [3.8, 4) is 0 Å². The Hall–Kier alpha value is -0.260. The maximum absolute atomic E-state index is 11.6. The first-order valence-corrected chi connectivity index (χ1v) is 8.25. The van der Waals surface area contributed by atoms with Crippen LogP contribution >= 0.6 is 11.8 Å². The van der Waals surface area contributed by atoms with Gasteiger partial charge in [-0.05, 0) is 19.4 Å². The lowest BCUT2D eigenvalue weighted by Gasteiger charge is -2.25. The van der Waals surface area contributed by atoms with Crippen LogP contribution in [0.1, 0.15) is 32.1 Å². The zero-order chi connectivity index (χ0) is 13.1. The Labute approximate surface area is 115 Å². The van der Waals surface area contributed by atoms with Gasteiger partial charge in [0.05, 0.1) is 0 Å². The largest absolute Gasteiger partial charge is 0.355 e. The number of nitrogens with zero attached hydrogens (tertiary/aromatic N) is 1. The minimum Gasteiger partial charge on any atom is -0.355 e. The molecule has 0 atom stereocenters. The molecule has 3 N–H and O–H groups in total. The van der Waals surface area contributed by atoms with Gasteiger partial charge in [-0.2, -0.15) is 11.8 Å². The van der Waals surface area contributed by atoms with Crippen LogP contribution in [0.4, 0.5) is 0 Å². The first kappa shape index (κ1) is 15.8. The highest BCUT2D eigenvalue weighted by molar-refractivity contribution is 7.99. The van der Waals surface area contributed by atoms with Gasteiger partial charge in [0.1, 0.15) is 0 Å². The van der Waals surface area contributed by atoms with Gasteiger partial charge >= 0.3 is 0 Å². The van der Waals surface area contributed by atoms with Crippen molar-refractivity contribution in [3.63, 3.8) is 0 Å². The number of rotatable bonds is 9. The van der Waals surface area contributed by atoms with Crippen molar-refractivity contribution >= 4 is 17.7 Å². The van der Waals surface area contributed by atoms with Crippen molar-refractivity contribution < 1.29 is 4.79 Å². The number of unbranched alkanes of at least 4 members (excludes halogenated alkanes) is 3. The minimum absolute atomic E-state index is 0.203. The van der Waals surface area contributed by atoms with E-state index in [2.05, 4.69) is 10.2 Å². The number of amides is 1. The molecule has 4 nitrogen and oxygen atoms in total. The van der Waals surface area contributed by atoms with Crippen molar-refractivity contribution in [1.82, 2.24) is 10.2 Å². The van der Waals surface area contributed by atoms with E-state index in [0.717, 1.165) is 45.3 Å². The Balaban J connectivity index is 1.89. The van der Waals surface area contributed by atoms with Crippen LogP contribution in [0.2, 0.25) is 0 Å². The third-order valence-electron chi connectivity index (χ3n) is 3.21. The van der Waals surface area contributed by atoms with Crippen LogP contribution in [0.5, 0.6) is 0 Å². The molecule has 1 aliphatic heterocycles. The smallest absolute Gasteiger partial charge is 0.220 e. The molecule has 0 aromatic carbocycles. The molecular formula is C13H27N3OS. The van der Waals surface area contributed by atoms with Gasteiger partial charge in [0.2, 0.25) is 5.91 Å². The summed E-state index contributed by atoms with van der Waals surface area (Å²) in [6, 6.07) is 0. The maximum atomic E-state index is 11.6. The van der Waals surface area contributed by atoms with Crippen LogP contribution in [0, 0.1) is 0 Å². The molecule has 0 radical (unpaired) electrons. The summed E-state index contributed by atoms with van der Waals surface area (Å²) in [6.07, 6.45) is 5.00. The molecular weight excluding hydrogens is 246 g/mol. The third kappa shape index (κ3) is 7.95.